The third-order valence-electron chi connectivity index (χ3n) is 13.0. The van der Waals surface area contributed by atoms with Gasteiger partial charge in [-0.3, -0.25) is 0 Å². The van der Waals surface area contributed by atoms with Crippen LogP contribution < -0.4 is 0 Å². The van der Waals surface area contributed by atoms with E-state index in [1.807, 2.05) is 0 Å². The molecule has 0 amide bonds. The molecule has 0 spiro atoms. The monoisotopic (exact) mass is 686 g/mol. The maximum absolute atomic E-state index is 2.69. The third kappa shape index (κ3) is 16.0. The van der Waals surface area contributed by atoms with E-state index in [4.69, 9.17) is 0 Å². The Labute approximate surface area is 300 Å². The van der Waals surface area contributed by atoms with E-state index in [0.717, 1.165) is 107 Å². The zero-order chi connectivity index (χ0) is 36.2. The van der Waals surface area contributed by atoms with E-state index in [0.29, 0.717) is 0 Å². The fourth-order valence-corrected chi connectivity index (χ4v) is 15.3. The van der Waals surface area contributed by atoms with Gasteiger partial charge in [0.15, 0.2) is 0 Å². The average Bonchev–Trinajstić information content (AvgIpc) is 2.87. The SMILES string of the molecule is CC(C)C(CC(C(C)C)C(C)[CH2][Cr]([CH2]C(C)C(CC(C(C)C)C(C)C)C(C)C)[CH2]C(C)C(CC(C(C)C)C(C)C)C(C)C)C(C)C. The maximum atomic E-state index is 2.69. The number of hydrogen-bond donors (Lipinski definition) is 0. The van der Waals surface area contributed by atoms with Gasteiger partial charge >= 0.3 is 301 Å². The molecule has 279 valence electrons. The second-order valence-electron chi connectivity index (χ2n) is 19.9. The molecule has 0 aromatic heterocycles. The predicted octanol–water partition coefficient (Wildman–Crippen LogP) is 15.5. The number of hydrogen-bond acceptors (Lipinski definition) is 0. The molecule has 6 unspecified atom stereocenters. The van der Waals surface area contributed by atoms with Gasteiger partial charge in [-0.15, -0.1) is 0 Å². The first-order valence-corrected chi connectivity index (χ1v) is 23.4. The van der Waals surface area contributed by atoms with E-state index in [9.17, 15) is 0 Å². The van der Waals surface area contributed by atoms with Gasteiger partial charge in [0.2, 0.25) is 0 Å². The molecule has 0 aliphatic heterocycles. The fourth-order valence-electron chi connectivity index (χ4n) is 10.1. The molecule has 6 atom stereocenters. The molecule has 0 aromatic carbocycles. The Balaban J connectivity index is 6.48. The van der Waals surface area contributed by atoms with Crippen LogP contribution >= 0.6 is 0 Å². The zero-order valence-electron chi connectivity index (χ0n) is 36.0. The minimum absolute atomic E-state index is 0.777. The van der Waals surface area contributed by atoms with Gasteiger partial charge < -0.3 is 0 Å². The summed E-state index contributed by atoms with van der Waals surface area (Å²) >= 11 is -0.802. The van der Waals surface area contributed by atoms with Crippen LogP contribution in [-0.2, 0) is 14.1 Å². The molecule has 46 heavy (non-hydrogen) atoms. The summed E-state index contributed by atoms with van der Waals surface area (Å²) in [5, 5.41) is 4.64. The van der Waals surface area contributed by atoms with Gasteiger partial charge in [-0.2, -0.15) is 0 Å². The van der Waals surface area contributed by atoms with Crippen LogP contribution in [0.25, 0.3) is 0 Å². The normalized spacial score (nSPS) is 17.6. The number of rotatable bonds is 24. The molecule has 0 aromatic rings. The van der Waals surface area contributed by atoms with E-state index in [-0.39, 0.29) is 0 Å². The van der Waals surface area contributed by atoms with Gasteiger partial charge in [0.25, 0.3) is 0 Å². The van der Waals surface area contributed by atoms with Crippen molar-refractivity contribution in [3.63, 3.8) is 0 Å². The Morgan fingerprint density at radius 3 is 0.522 bits per heavy atom. The van der Waals surface area contributed by atoms with E-state index < -0.39 is 14.1 Å². The van der Waals surface area contributed by atoms with Crippen molar-refractivity contribution >= 4 is 0 Å². The molecular weight excluding hydrogens is 592 g/mol. The Kier molecular flexibility index (Phi) is 22.6. The Morgan fingerprint density at radius 1 is 0.239 bits per heavy atom. The Morgan fingerprint density at radius 2 is 0.391 bits per heavy atom. The molecule has 0 N–H and O–H groups in total. The third-order valence-corrected chi connectivity index (χ3v) is 17.7. The van der Waals surface area contributed by atoms with Crippen molar-refractivity contribution in [1.82, 2.24) is 0 Å². The molecule has 0 saturated carbocycles. The average molecular weight is 686 g/mol. The van der Waals surface area contributed by atoms with Gasteiger partial charge in [-0.05, 0) is 0 Å². The van der Waals surface area contributed by atoms with Gasteiger partial charge in [0.05, 0.1) is 0 Å². The summed E-state index contributed by atoms with van der Waals surface area (Å²) in [6.45, 7) is 53.1. The molecular formula is C45H93Cr. The molecule has 0 rings (SSSR count). The van der Waals surface area contributed by atoms with Crippen LogP contribution in [0.15, 0.2) is 0 Å². The first-order valence-electron chi connectivity index (χ1n) is 20.7. The van der Waals surface area contributed by atoms with Gasteiger partial charge in [-0.25, -0.2) is 0 Å². The summed E-state index contributed by atoms with van der Waals surface area (Å²) in [5.41, 5.74) is 0. The molecule has 0 bridgehead atoms. The van der Waals surface area contributed by atoms with Crippen molar-refractivity contribution in [2.75, 3.05) is 0 Å². The van der Waals surface area contributed by atoms with E-state index in [1.165, 1.54) is 19.3 Å². The van der Waals surface area contributed by atoms with E-state index in [1.54, 1.807) is 15.8 Å². The van der Waals surface area contributed by atoms with Gasteiger partial charge in [-0.1, -0.05) is 0 Å². The Bertz CT molecular complexity index is 618. The minimum atomic E-state index is -0.802. The summed E-state index contributed by atoms with van der Waals surface area (Å²) in [5.74, 6) is 14.6. The topological polar surface area (TPSA) is 0 Å². The first-order chi connectivity index (χ1) is 21.0. The summed E-state index contributed by atoms with van der Waals surface area (Å²) < 4.78 is 0. The van der Waals surface area contributed by atoms with Crippen LogP contribution in [0.3, 0.4) is 0 Å². The molecule has 0 radical (unpaired) electrons. The van der Waals surface area contributed by atoms with Gasteiger partial charge in [0.1, 0.15) is 0 Å². The summed E-state index contributed by atoms with van der Waals surface area (Å²) in [6, 6.07) is 0. The Hall–Kier alpha value is 0.532. The van der Waals surface area contributed by atoms with Crippen molar-refractivity contribution in [3.05, 3.63) is 0 Å². The molecule has 0 aliphatic carbocycles. The molecule has 0 fully saturated rings. The predicted molar refractivity (Wildman–Crippen MR) is 210 cm³/mol. The van der Waals surface area contributed by atoms with Crippen LogP contribution in [0.4, 0.5) is 0 Å². The summed E-state index contributed by atoms with van der Waals surface area (Å²) in [4.78, 5) is 0. The van der Waals surface area contributed by atoms with Crippen molar-refractivity contribution in [2.45, 2.75) is 181 Å². The quantitative estimate of drug-likeness (QED) is 0.0948. The summed E-state index contributed by atoms with van der Waals surface area (Å²) in [6.07, 6.45) is 4.28. The van der Waals surface area contributed by atoms with Crippen molar-refractivity contribution in [1.29, 1.82) is 0 Å². The van der Waals surface area contributed by atoms with Crippen LogP contribution in [0.5, 0.6) is 0 Å². The second kappa shape index (κ2) is 22.4. The molecule has 0 saturated heterocycles. The van der Waals surface area contributed by atoms with Crippen LogP contribution in [0, 0.1) is 107 Å². The van der Waals surface area contributed by atoms with E-state index in [2.05, 4.69) is 145 Å². The summed E-state index contributed by atoms with van der Waals surface area (Å²) in [7, 11) is 0. The van der Waals surface area contributed by atoms with Crippen LogP contribution in [-0.4, -0.2) is 0 Å². The van der Waals surface area contributed by atoms with E-state index >= 15 is 0 Å². The van der Waals surface area contributed by atoms with Gasteiger partial charge in [0, 0.05) is 0 Å². The first kappa shape index (κ1) is 46.5. The molecule has 0 aliphatic rings. The van der Waals surface area contributed by atoms with Crippen LogP contribution in [0.1, 0.15) is 165 Å². The van der Waals surface area contributed by atoms with Crippen molar-refractivity contribution in [2.24, 2.45) is 107 Å². The fraction of sp³-hybridized carbons (Fsp3) is 1.00. The molecule has 0 nitrogen and oxygen atoms in total. The van der Waals surface area contributed by atoms with Crippen molar-refractivity contribution < 1.29 is 14.1 Å². The standard InChI is InChI=1S/3C15H31.Cr/c3*1-10(2)14(11(3)4)9-15(12(5)6)13(7)8;/h3*10-15H,1,9H2,2-8H3;. The zero-order valence-corrected chi connectivity index (χ0v) is 37.3. The van der Waals surface area contributed by atoms with Crippen molar-refractivity contribution in [3.8, 4) is 0 Å². The molecule has 1 heteroatoms. The molecule has 0 heterocycles. The van der Waals surface area contributed by atoms with Crippen LogP contribution in [0.2, 0.25) is 15.8 Å². The second-order valence-corrected chi connectivity index (χ2v) is 23.4.